The van der Waals surface area contributed by atoms with Gasteiger partial charge in [-0.15, -0.1) is 11.3 Å². The lowest BCUT2D eigenvalue weighted by molar-refractivity contribution is 0.458. The maximum atomic E-state index is 11.3. The van der Waals surface area contributed by atoms with Crippen LogP contribution in [0, 0.1) is 0 Å². The molecule has 5 nitrogen and oxygen atoms in total. The van der Waals surface area contributed by atoms with E-state index in [0.29, 0.717) is 16.7 Å². The number of hydrogen-bond acceptors (Lipinski definition) is 4. The van der Waals surface area contributed by atoms with Crippen LogP contribution in [0.15, 0.2) is 21.3 Å². The van der Waals surface area contributed by atoms with Gasteiger partial charge < -0.3 is 10.6 Å². The summed E-state index contributed by atoms with van der Waals surface area (Å²) >= 11 is 1.24. The van der Waals surface area contributed by atoms with Crippen LogP contribution in [0.2, 0.25) is 0 Å². The third kappa shape index (κ3) is 3.99. The van der Waals surface area contributed by atoms with E-state index in [9.17, 15) is 8.42 Å². The molecule has 2 N–H and O–H groups in total. The van der Waals surface area contributed by atoms with Crippen molar-refractivity contribution in [2.45, 2.75) is 24.6 Å². The van der Waals surface area contributed by atoms with Crippen LogP contribution in [-0.4, -0.2) is 38.6 Å². The van der Waals surface area contributed by atoms with Crippen molar-refractivity contribution in [3.05, 3.63) is 17.0 Å². The molecule has 0 saturated heterocycles. The predicted octanol–water partition coefficient (Wildman–Crippen LogP) is 1.31. The molecule has 0 bridgehead atoms. The lowest BCUT2D eigenvalue weighted by atomic mass is 10.5. The minimum absolute atomic E-state index is 0.370. The smallest absolute Gasteiger partial charge is 0.191 e. The van der Waals surface area contributed by atoms with Gasteiger partial charge in [0.25, 0.3) is 0 Å². The number of nitrogens with zero attached hydrogens (tertiary/aromatic N) is 2. The Hall–Kier alpha value is -1.08. The highest BCUT2D eigenvalue weighted by Crippen LogP contribution is 2.21. The van der Waals surface area contributed by atoms with Crippen LogP contribution in [0.1, 0.15) is 18.7 Å². The van der Waals surface area contributed by atoms with Crippen LogP contribution in [0.4, 0.5) is 0 Å². The van der Waals surface area contributed by atoms with Gasteiger partial charge in [0, 0.05) is 24.2 Å². The first kappa shape index (κ1) is 15.0. The van der Waals surface area contributed by atoms with E-state index in [0.717, 1.165) is 18.0 Å². The van der Waals surface area contributed by atoms with Crippen molar-refractivity contribution < 1.29 is 8.42 Å². The summed E-state index contributed by atoms with van der Waals surface area (Å²) in [6.45, 7) is 6.07. The van der Waals surface area contributed by atoms with Gasteiger partial charge in [0.15, 0.2) is 15.8 Å². The quantitative estimate of drug-likeness (QED) is 0.655. The first-order chi connectivity index (χ1) is 8.38. The molecule has 1 aromatic heterocycles. The first-order valence-corrected chi connectivity index (χ1v) is 8.42. The van der Waals surface area contributed by atoms with E-state index in [4.69, 9.17) is 5.73 Å². The summed E-state index contributed by atoms with van der Waals surface area (Å²) in [5.41, 5.74) is 5.84. The summed E-state index contributed by atoms with van der Waals surface area (Å²) in [4.78, 5) is 7.11. The van der Waals surface area contributed by atoms with Crippen LogP contribution in [0.3, 0.4) is 0 Å². The molecule has 0 radical (unpaired) electrons. The first-order valence-electron chi connectivity index (χ1n) is 5.72. The van der Waals surface area contributed by atoms with Crippen LogP contribution < -0.4 is 5.73 Å². The summed E-state index contributed by atoms with van der Waals surface area (Å²) in [6, 6.07) is 3.39. The molecule has 1 rings (SSSR count). The number of hydrogen-bond donors (Lipinski definition) is 1. The van der Waals surface area contributed by atoms with Gasteiger partial charge in [0.05, 0.1) is 6.54 Å². The Bertz CT molecular complexity index is 516. The third-order valence-corrected chi connectivity index (χ3v) is 5.38. The molecule has 0 amide bonds. The zero-order valence-electron chi connectivity index (χ0n) is 10.9. The molecule has 0 saturated carbocycles. The highest BCUT2D eigenvalue weighted by atomic mass is 32.2. The minimum atomic E-state index is -3.12. The summed E-state index contributed by atoms with van der Waals surface area (Å²) in [6.07, 6.45) is 1.20. The maximum absolute atomic E-state index is 11.3. The van der Waals surface area contributed by atoms with Crippen molar-refractivity contribution in [2.75, 3.05) is 19.3 Å². The van der Waals surface area contributed by atoms with Gasteiger partial charge in [0.2, 0.25) is 0 Å². The Labute approximate surface area is 112 Å². The number of aliphatic imine (C=N–C) groups is 1. The van der Waals surface area contributed by atoms with Crippen molar-refractivity contribution in [3.8, 4) is 0 Å². The van der Waals surface area contributed by atoms with E-state index in [-0.39, 0.29) is 0 Å². The second-order valence-corrected chi connectivity index (χ2v) is 7.25. The molecule has 102 valence electrons. The van der Waals surface area contributed by atoms with E-state index in [1.54, 1.807) is 12.1 Å². The summed E-state index contributed by atoms with van der Waals surface area (Å²) < 4.78 is 23.0. The van der Waals surface area contributed by atoms with Gasteiger partial charge in [-0.3, -0.25) is 0 Å². The molecule has 18 heavy (non-hydrogen) atoms. The normalized spacial score (nSPS) is 12.7. The molecular weight excluding hydrogens is 270 g/mol. The molecule has 0 aromatic carbocycles. The average molecular weight is 289 g/mol. The molecule has 0 fully saturated rings. The van der Waals surface area contributed by atoms with Gasteiger partial charge in [-0.05, 0) is 26.0 Å². The zero-order valence-corrected chi connectivity index (χ0v) is 12.5. The fourth-order valence-electron chi connectivity index (χ4n) is 1.45. The van der Waals surface area contributed by atoms with Gasteiger partial charge in [-0.25, -0.2) is 13.4 Å². The second-order valence-electron chi connectivity index (χ2n) is 3.84. The van der Waals surface area contributed by atoms with Crippen molar-refractivity contribution in [1.29, 1.82) is 0 Å². The molecule has 0 unspecified atom stereocenters. The summed E-state index contributed by atoms with van der Waals surface area (Å²) in [5.74, 6) is 0.495. The van der Waals surface area contributed by atoms with Gasteiger partial charge in [-0.1, -0.05) is 0 Å². The number of nitrogens with two attached hydrogens (primary N) is 1. The SMILES string of the molecule is CCN(CC)C(N)=NCc1ccc(S(C)(=O)=O)s1. The van der Waals surface area contributed by atoms with E-state index in [1.165, 1.54) is 17.6 Å². The predicted molar refractivity (Wildman–Crippen MR) is 75.7 cm³/mol. The van der Waals surface area contributed by atoms with Gasteiger partial charge in [0.1, 0.15) is 4.21 Å². The standard InChI is InChI=1S/C11H19N3O2S2/c1-4-14(5-2)11(12)13-8-9-6-7-10(17-9)18(3,15)16/h6-7H,4-5,8H2,1-3H3,(H2,12,13). The lowest BCUT2D eigenvalue weighted by Gasteiger charge is -2.19. The highest BCUT2D eigenvalue weighted by Gasteiger charge is 2.10. The highest BCUT2D eigenvalue weighted by molar-refractivity contribution is 7.92. The maximum Gasteiger partial charge on any atom is 0.191 e. The van der Waals surface area contributed by atoms with Gasteiger partial charge >= 0.3 is 0 Å². The molecule has 0 aliphatic heterocycles. The summed E-state index contributed by atoms with van der Waals surface area (Å²) in [7, 11) is -3.12. The second kappa shape index (κ2) is 6.19. The number of guanidine groups is 1. The van der Waals surface area contributed by atoms with E-state index in [1.807, 2.05) is 18.7 Å². The Morgan fingerprint density at radius 1 is 1.39 bits per heavy atom. The van der Waals surface area contributed by atoms with Crippen LogP contribution >= 0.6 is 11.3 Å². The number of sulfone groups is 1. The van der Waals surface area contributed by atoms with Crippen LogP contribution in [0.5, 0.6) is 0 Å². The molecular formula is C11H19N3O2S2. The van der Waals surface area contributed by atoms with E-state index >= 15 is 0 Å². The Kier molecular flexibility index (Phi) is 5.15. The average Bonchev–Trinajstić information content (AvgIpc) is 2.76. The zero-order chi connectivity index (χ0) is 13.8. The molecule has 1 heterocycles. The van der Waals surface area contributed by atoms with Crippen molar-refractivity contribution in [2.24, 2.45) is 10.7 Å². The largest absolute Gasteiger partial charge is 0.370 e. The Morgan fingerprint density at radius 3 is 2.44 bits per heavy atom. The van der Waals surface area contributed by atoms with Crippen molar-refractivity contribution in [3.63, 3.8) is 0 Å². The van der Waals surface area contributed by atoms with Crippen LogP contribution in [0.25, 0.3) is 0 Å². The fraction of sp³-hybridized carbons (Fsp3) is 0.545. The fourth-order valence-corrected chi connectivity index (χ4v) is 3.35. The molecule has 0 aliphatic carbocycles. The number of thiophene rings is 1. The van der Waals surface area contributed by atoms with Gasteiger partial charge in [-0.2, -0.15) is 0 Å². The van der Waals surface area contributed by atoms with E-state index in [2.05, 4.69) is 4.99 Å². The third-order valence-electron chi connectivity index (χ3n) is 2.49. The minimum Gasteiger partial charge on any atom is -0.370 e. The Balaban J connectivity index is 2.75. The molecule has 0 aliphatic rings. The van der Waals surface area contributed by atoms with Crippen molar-refractivity contribution >= 4 is 27.1 Å². The lowest BCUT2D eigenvalue weighted by Crippen LogP contribution is -2.36. The van der Waals surface area contributed by atoms with E-state index < -0.39 is 9.84 Å². The summed E-state index contributed by atoms with van der Waals surface area (Å²) in [5, 5.41) is 0. The molecule has 0 atom stereocenters. The Morgan fingerprint density at radius 2 is 2.00 bits per heavy atom. The van der Waals surface area contributed by atoms with Crippen LogP contribution in [-0.2, 0) is 16.4 Å². The molecule has 7 heteroatoms. The monoisotopic (exact) mass is 289 g/mol. The molecule has 1 aromatic rings. The topological polar surface area (TPSA) is 75.8 Å². The number of rotatable bonds is 5. The molecule has 0 spiro atoms. The van der Waals surface area contributed by atoms with Crippen molar-refractivity contribution in [1.82, 2.24) is 4.90 Å².